The van der Waals surface area contributed by atoms with E-state index in [-0.39, 0.29) is 0 Å². The van der Waals surface area contributed by atoms with Gasteiger partial charge in [-0.3, -0.25) is 0 Å². The van der Waals surface area contributed by atoms with E-state index in [0.717, 1.165) is 22.6 Å². The summed E-state index contributed by atoms with van der Waals surface area (Å²) >= 11 is 15.4. The van der Waals surface area contributed by atoms with Gasteiger partial charge in [-0.2, -0.15) is 13.2 Å². The molecule has 130 valence electrons. The van der Waals surface area contributed by atoms with Gasteiger partial charge in [0, 0.05) is 20.5 Å². The maximum atomic E-state index is 12.7. The number of allylic oxidation sites excluding steroid dienone is 2. The third kappa shape index (κ3) is 3.30. The second-order valence-electron chi connectivity index (χ2n) is 5.69. The molecule has 3 rings (SSSR count). The van der Waals surface area contributed by atoms with Gasteiger partial charge in [-0.1, -0.05) is 48.3 Å². The van der Waals surface area contributed by atoms with E-state index in [1.54, 1.807) is 12.3 Å². The lowest BCUT2D eigenvalue weighted by Crippen LogP contribution is -2.46. The number of hydrogen-bond donors (Lipinski definition) is 1. The lowest BCUT2D eigenvalue weighted by molar-refractivity contribution is -0.137. The molecule has 1 nitrogen and oxygen atoms in total. The summed E-state index contributed by atoms with van der Waals surface area (Å²) in [6.45, 7) is 1.55. The van der Waals surface area contributed by atoms with Crippen molar-refractivity contribution in [2.24, 2.45) is 0 Å². The average molecular weight is 463 g/mol. The molecule has 0 bridgehead atoms. The van der Waals surface area contributed by atoms with E-state index in [2.05, 4.69) is 15.9 Å². The quantitative estimate of drug-likeness (QED) is 0.529. The Hall–Kier alpha value is -0.800. The Morgan fingerprint density at radius 3 is 2.28 bits per heavy atom. The predicted octanol–water partition coefficient (Wildman–Crippen LogP) is 5.83. The van der Waals surface area contributed by atoms with Crippen molar-refractivity contribution in [1.82, 2.24) is 0 Å². The lowest BCUT2D eigenvalue weighted by Gasteiger charge is -2.34. The summed E-state index contributed by atoms with van der Waals surface area (Å²) in [4.78, 5) is 1.40. The average Bonchev–Trinajstić information content (AvgIpc) is 2.57. The topological polar surface area (TPSA) is 20.2 Å². The smallest absolute Gasteiger partial charge is 0.379 e. The van der Waals surface area contributed by atoms with Gasteiger partial charge in [-0.15, -0.1) is 0 Å². The maximum absolute atomic E-state index is 12.7. The molecule has 0 amide bonds. The zero-order valence-corrected chi connectivity index (χ0v) is 16.7. The zero-order valence-electron chi connectivity index (χ0n) is 12.6. The first-order chi connectivity index (χ1) is 11.5. The molecule has 0 saturated heterocycles. The molecule has 1 N–H and O–H groups in total. The van der Waals surface area contributed by atoms with E-state index in [4.69, 9.17) is 24.4 Å². The van der Waals surface area contributed by atoms with Crippen LogP contribution in [0.5, 0.6) is 0 Å². The first-order valence-electron chi connectivity index (χ1n) is 7.02. The van der Waals surface area contributed by atoms with E-state index in [1.165, 1.54) is 23.9 Å². The molecule has 0 radical (unpaired) electrons. The molecule has 0 spiro atoms. The van der Waals surface area contributed by atoms with Gasteiger partial charge in [0.05, 0.1) is 15.3 Å². The fourth-order valence-electron chi connectivity index (χ4n) is 2.46. The van der Waals surface area contributed by atoms with Gasteiger partial charge in [0.25, 0.3) is 0 Å². The number of benzene rings is 1. The van der Waals surface area contributed by atoms with Crippen LogP contribution < -0.4 is 0 Å². The molecule has 25 heavy (non-hydrogen) atoms. The van der Waals surface area contributed by atoms with E-state index >= 15 is 0 Å². The van der Waals surface area contributed by atoms with Crippen molar-refractivity contribution in [3.05, 3.63) is 62.5 Å². The molecule has 1 heterocycles. The first kappa shape index (κ1) is 19.0. The molecule has 1 aromatic rings. The van der Waals surface area contributed by atoms with Crippen molar-refractivity contribution in [1.29, 1.82) is 0 Å². The molecular formula is C17H10BrF3OS3. The summed E-state index contributed by atoms with van der Waals surface area (Å²) in [7, 11) is 0. The lowest BCUT2D eigenvalue weighted by atomic mass is 9.83. The van der Waals surface area contributed by atoms with E-state index < -0.39 is 17.3 Å². The number of thioether (sulfide) groups is 1. The predicted molar refractivity (Wildman–Crippen MR) is 107 cm³/mol. The highest BCUT2D eigenvalue weighted by molar-refractivity contribution is 9.12. The summed E-state index contributed by atoms with van der Waals surface area (Å²) in [5.41, 5.74) is 0.0102. The molecule has 1 aromatic carbocycles. The number of hydrogen-bond acceptors (Lipinski definition) is 4. The number of halogens is 4. The Morgan fingerprint density at radius 2 is 1.72 bits per heavy atom. The van der Waals surface area contributed by atoms with Crippen molar-refractivity contribution in [3.8, 4) is 0 Å². The van der Waals surface area contributed by atoms with Gasteiger partial charge in [-0.05, 0) is 52.0 Å². The van der Waals surface area contributed by atoms with Gasteiger partial charge >= 0.3 is 6.18 Å². The standard InChI is InChI=1S/C17H10BrF3OS3/c1-16(22)14(23)11-7-25-12(6-10(11)13(18)15(16)24)8-2-4-9(5-3-8)17(19,20)21/h2-7,22H,1H3. The van der Waals surface area contributed by atoms with Crippen molar-refractivity contribution < 1.29 is 18.3 Å². The monoisotopic (exact) mass is 462 g/mol. The minimum absolute atomic E-state index is 0.291. The molecule has 1 atom stereocenters. The van der Waals surface area contributed by atoms with Gasteiger partial charge in [0.2, 0.25) is 0 Å². The maximum Gasteiger partial charge on any atom is 0.416 e. The Kier molecular flexibility index (Phi) is 4.87. The number of rotatable bonds is 1. The zero-order chi connectivity index (χ0) is 18.6. The first-order valence-corrected chi connectivity index (χ1v) is 9.50. The minimum atomic E-state index is -4.36. The van der Waals surface area contributed by atoms with Crippen LogP contribution in [0.4, 0.5) is 13.2 Å². The normalized spacial score (nSPS) is 24.1. The van der Waals surface area contributed by atoms with Crippen molar-refractivity contribution >= 4 is 66.8 Å². The summed E-state index contributed by atoms with van der Waals surface area (Å²) in [6, 6.07) is 4.98. The van der Waals surface area contributed by atoms with Crippen molar-refractivity contribution in [2.75, 3.05) is 0 Å². The van der Waals surface area contributed by atoms with Crippen LogP contribution in [0.1, 0.15) is 18.1 Å². The second kappa shape index (κ2) is 6.42. The SMILES string of the molecule is CC1(O)C(=S)C2=CSC(c3ccc(C(F)(F)F)cc3)=CC2=C(Br)C1=S. The van der Waals surface area contributed by atoms with Crippen LogP contribution in [0.3, 0.4) is 0 Å². The van der Waals surface area contributed by atoms with Crippen LogP contribution in [-0.4, -0.2) is 20.4 Å². The summed E-state index contributed by atoms with van der Waals surface area (Å²) in [5.74, 6) is 0. The van der Waals surface area contributed by atoms with Crippen LogP contribution >= 0.6 is 52.1 Å². The molecule has 1 aliphatic carbocycles. The summed E-state index contributed by atoms with van der Waals surface area (Å²) in [6.07, 6.45) is -2.54. The summed E-state index contributed by atoms with van der Waals surface area (Å²) in [5, 5.41) is 12.3. The van der Waals surface area contributed by atoms with Crippen LogP contribution in [0.15, 0.2) is 51.4 Å². The number of thiocarbonyl (C=S) groups is 2. The Labute approximate surface area is 165 Å². The van der Waals surface area contributed by atoms with Crippen LogP contribution in [0.2, 0.25) is 0 Å². The fraction of sp³-hybridized carbons (Fsp3) is 0.176. The van der Waals surface area contributed by atoms with Gasteiger partial charge in [0.1, 0.15) is 5.60 Å². The van der Waals surface area contributed by atoms with E-state index in [0.29, 0.717) is 25.3 Å². The fourth-order valence-corrected chi connectivity index (χ4v) is 4.75. The highest BCUT2D eigenvalue weighted by Crippen LogP contribution is 2.45. The molecule has 0 fully saturated rings. The number of alkyl halides is 3. The molecule has 2 aliphatic rings. The minimum Gasteiger partial charge on any atom is -0.379 e. The van der Waals surface area contributed by atoms with Gasteiger partial charge in [-0.25, -0.2) is 0 Å². The highest BCUT2D eigenvalue weighted by Gasteiger charge is 2.41. The Morgan fingerprint density at radius 1 is 1.12 bits per heavy atom. The molecule has 1 aliphatic heterocycles. The molecule has 8 heteroatoms. The van der Waals surface area contributed by atoms with Gasteiger partial charge in [0.15, 0.2) is 0 Å². The van der Waals surface area contributed by atoms with Crippen LogP contribution in [-0.2, 0) is 6.18 Å². The number of aliphatic hydroxyl groups is 1. The van der Waals surface area contributed by atoms with Crippen molar-refractivity contribution in [3.63, 3.8) is 0 Å². The third-order valence-corrected chi connectivity index (χ3v) is 7.20. The Bertz CT molecular complexity index is 877. The second-order valence-corrected chi connectivity index (χ2v) is 8.21. The van der Waals surface area contributed by atoms with Crippen LogP contribution in [0.25, 0.3) is 4.91 Å². The van der Waals surface area contributed by atoms with Crippen LogP contribution in [0, 0.1) is 0 Å². The molecular weight excluding hydrogens is 453 g/mol. The number of fused-ring (bicyclic) bond motifs is 1. The molecule has 1 unspecified atom stereocenters. The molecule has 0 saturated carbocycles. The third-order valence-electron chi connectivity index (χ3n) is 3.93. The van der Waals surface area contributed by atoms with E-state index in [1.807, 2.05) is 6.08 Å². The molecule has 0 aromatic heterocycles. The Balaban J connectivity index is 2.02. The van der Waals surface area contributed by atoms with Gasteiger partial charge < -0.3 is 5.11 Å². The highest BCUT2D eigenvalue weighted by atomic mass is 79.9. The largest absolute Gasteiger partial charge is 0.416 e. The summed E-state index contributed by atoms with van der Waals surface area (Å²) < 4.78 is 38.7. The van der Waals surface area contributed by atoms with Crippen molar-refractivity contribution in [2.45, 2.75) is 18.7 Å². The van der Waals surface area contributed by atoms with E-state index in [9.17, 15) is 18.3 Å².